The van der Waals surface area contributed by atoms with Gasteiger partial charge in [-0.25, -0.2) is 0 Å². The number of anilines is 1. The van der Waals surface area contributed by atoms with Crippen LogP contribution in [0, 0.1) is 5.41 Å². The maximum atomic E-state index is 12.7. The third-order valence-electron chi connectivity index (χ3n) is 6.07. The molecular formula is C27H31N5O2. The Hall–Kier alpha value is -3.71. The zero-order valence-electron chi connectivity index (χ0n) is 20.1. The Morgan fingerprint density at radius 2 is 1.88 bits per heavy atom. The van der Waals surface area contributed by atoms with Crippen LogP contribution in [0.4, 0.5) is 5.69 Å². The minimum absolute atomic E-state index is 0.116. The molecule has 176 valence electrons. The highest BCUT2D eigenvalue weighted by Gasteiger charge is 2.35. The molecule has 0 unspecified atom stereocenters. The number of ether oxygens (including phenoxy) is 1. The average molecular weight is 458 g/mol. The number of rotatable bonds is 6. The summed E-state index contributed by atoms with van der Waals surface area (Å²) in [5, 5.41) is 14.3. The Labute approximate surface area is 200 Å². The van der Waals surface area contributed by atoms with Gasteiger partial charge in [0, 0.05) is 67.0 Å². The van der Waals surface area contributed by atoms with E-state index in [1.165, 1.54) is 0 Å². The quantitative estimate of drug-likeness (QED) is 0.457. The van der Waals surface area contributed by atoms with Crippen molar-refractivity contribution in [2.75, 3.05) is 25.5 Å². The summed E-state index contributed by atoms with van der Waals surface area (Å²) in [7, 11) is 1.84. The van der Waals surface area contributed by atoms with Gasteiger partial charge in [0.15, 0.2) is 0 Å². The van der Waals surface area contributed by atoms with Gasteiger partial charge in [-0.1, -0.05) is 19.9 Å². The van der Waals surface area contributed by atoms with Crippen molar-refractivity contribution in [1.29, 1.82) is 5.41 Å². The number of pyridine rings is 1. The van der Waals surface area contributed by atoms with Gasteiger partial charge in [-0.2, -0.15) is 0 Å². The molecule has 2 aromatic carbocycles. The molecule has 0 saturated carbocycles. The Balaban J connectivity index is 0.00000133. The van der Waals surface area contributed by atoms with Gasteiger partial charge in [-0.05, 0) is 48.9 Å². The van der Waals surface area contributed by atoms with Gasteiger partial charge in [0.05, 0.1) is 11.7 Å². The lowest BCUT2D eigenvalue weighted by Crippen LogP contribution is -2.57. The second kappa shape index (κ2) is 10.1. The van der Waals surface area contributed by atoms with Gasteiger partial charge < -0.3 is 25.7 Å². The molecule has 1 saturated heterocycles. The first-order valence-corrected chi connectivity index (χ1v) is 11.7. The summed E-state index contributed by atoms with van der Waals surface area (Å²) < 4.78 is 6.08. The monoisotopic (exact) mass is 457 g/mol. The maximum absolute atomic E-state index is 12.7. The number of amides is 1. The average Bonchev–Trinajstić information content (AvgIpc) is 3.14. The Morgan fingerprint density at radius 1 is 1.12 bits per heavy atom. The Morgan fingerprint density at radius 3 is 2.56 bits per heavy atom. The van der Waals surface area contributed by atoms with E-state index in [0.29, 0.717) is 23.8 Å². The lowest BCUT2D eigenvalue weighted by atomic mass is 10.0. The summed E-state index contributed by atoms with van der Waals surface area (Å²) in [5.74, 6) is 1.44. The van der Waals surface area contributed by atoms with Crippen molar-refractivity contribution in [2.24, 2.45) is 0 Å². The van der Waals surface area contributed by atoms with Crippen LogP contribution in [0.5, 0.6) is 11.5 Å². The molecule has 7 heteroatoms. The molecule has 3 aromatic rings. The highest BCUT2D eigenvalue weighted by atomic mass is 16.5. The number of hydrogen-bond acceptors (Lipinski definition) is 6. The summed E-state index contributed by atoms with van der Waals surface area (Å²) in [5.41, 5.74) is 5.73. The van der Waals surface area contributed by atoms with E-state index >= 15 is 0 Å². The highest BCUT2D eigenvalue weighted by molar-refractivity contribution is 6.01. The van der Waals surface area contributed by atoms with Gasteiger partial charge in [-0.15, -0.1) is 0 Å². The molecule has 3 heterocycles. The molecule has 0 radical (unpaired) electrons. The standard InChI is InChI=1S/C25H25N5O2.C2H6/c1-15(26)22-10-19(4-6-23(22)27-2)32-20-7-8-29-24(11-20)16-3-5-21-17(9-16)14-30(25(21)31)18-12-28-13-18;1-2/h3-11,18,26-28H,12-14H2,1-2H3;1-2H3. The molecule has 7 nitrogen and oxygen atoms in total. The Kier molecular flexibility index (Phi) is 6.93. The number of aromatic nitrogens is 1. The second-order valence-corrected chi connectivity index (χ2v) is 8.18. The second-order valence-electron chi connectivity index (χ2n) is 8.18. The lowest BCUT2D eigenvalue weighted by molar-refractivity contribution is 0.0642. The molecular weight excluding hydrogens is 426 g/mol. The van der Waals surface area contributed by atoms with Crippen LogP contribution in [0.3, 0.4) is 0 Å². The van der Waals surface area contributed by atoms with Crippen LogP contribution < -0.4 is 15.4 Å². The first-order chi connectivity index (χ1) is 16.5. The fraction of sp³-hybridized carbons (Fsp3) is 0.296. The van der Waals surface area contributed by atoms with E-state index in [2.05, 4.69) is 21.7 Å². The molecule has 3 N–H and O–H groups in total. The highest BCUT2D eigenvalue weighted by Crippen LogP contribution is 2.32. The van der Waals surface area contributed by atoms with Crippen LogP contribution in [0.2, 0.25) is 0 Å². The molecule has 2 aliphatic rings. The van der Waals surface area contributed by atoms with E-state index in [0.717, 1.165) is 46.7 Å². The SMILES string of the molecule is CC.CNc1ccc(Oc2ccnc(-c3ccc4c(c3)CN(C3CNC3)C4=O)c2)cc1C(C)=N. The van der Waals surface area contributed by atoms with Crippen LogP contribution in [-0.4, -0.2) is 47.7 Å². The third kappa shape index (κ3) is 4.52. The van der Waals surface area contributed by atoms with Crippen LogP contribution in [0.25, 0.3) is 11.3 Å². The molecule has 0 spiro atoms. The molecule has 0 bridgehead atoms. The zero-order chi connectivity index (χ0) is 24.2. The van der Waals surface area contributed by atoms with Crippen molar-refractivity contribution in [1.82, 2.24) is 15.2 Å². The van der Waals surface area contributed by atoms with Crippen molar-refractivity contribution in [2.45, 2.75) is 33.4 Å². The predicted molar refractivity (Wildman–Crippen MR) is 136 cm³/mol. The fourth-order valence-corrected chi connectivity index (χ4v) is 4.17. The lowest BCUT2D eigenvalue weighted by Gasteiger charge is -2.35. The summed E-state index contributed by atoms with van der Waals surface area (Å²) in [6.07, 6.45) is 1.72. The fourth-order valence-electron chi connectivity index (χ4n) is 4.17. The maximum Gasteiger partial charge on any atom is 0.254 e. The van der Waals surface area contributed by atoms with Crippen molar-refractivity contribution < 1.29 is 9.53 Å². The van der Waals surface area contributed by atoms with E-state index in [9.17, 15) is 4.79 Å². The predicted octanol–water partition coefficient (Wildman–Crippen LogP) is 4.92. The normalized spacial score (nSPS) is 14.6. The van der Waals surface area contributed by atoms with Gasteiger partial charge in [-0.3, -0.25) is 9.78 Å². The first kappa shape index (κ1) is 23.4. The molecule has 0 atom stereocenters. The summed E-state index contributed by atoms with van der Waals surface area (Å²) in [6.45, 7) is 8.13. The summed E-state index contributed by atoms with van der Waals surface area (Å²) >= 11 is 0. The van der Waals surface area contributed by atoms with Gasteiger partial charge in [0.1, 0.15) is 11.5 Å². The van der Waals surface area contributed by atoms with E-state index < -0.39 is 0 Å². The molecule has 1 amide bonds. The topological polar surface area (TPSA) is 90.3 Å². The molecule has 1 fully saturated rings. The summed E-state index contributed by atoms with van der Waals surface area (Å²) in [6, 6.07) is 15.6. The van der Waals surface area contributed by atoms with E-state index in [1.54, 1.807) is 13.1 Å². The number of nitrogens with one attached hydrogen (secondary N) is 3. The number of carbonyl (C=O) groups is 1. The molecule has 1 aromatic heterocycles. The van der Waals surface area contributed by atoms with E-state index in [-0.39, 0.29) is 11.9 Å². The van der Waals surface area contributed by atoms with Gasteiger partial charge in [0.25, 0.3) is 5.91 Å². The van der Waals surface area contributed by atoms with Crippen LogP contribution >= 0.6 is 0 Å². The Bertz CT molecular complexity index is 1220. The smallest absolute Gasteiger partial charge is 0.254 e. The van der Waals surface area contributed by atoms with E-state index in [1.807, 2.05) is 68.3 Å². The molecule has 5 rings (SSSR count). The number of benzene rings is 2. The van der Waals surface area contributed by atoms with Gasteiger partial charge in [0.2, 0.25) is 0 Å². The summed E-state index contributed by atoms with van der Waals surface area (Å²) in [4.78, 5) is 19.2. The van der Waals surface area contributed by atoms with Crippen LogP contribution in [-0.2, 0) is 6.54 Å². The van der Waals surface area contributed by atoms with E-state index in [4.69, 9.17) is 10.1 Å². The number of hydrogen-bond donors (Lipinski definition) is 3. The first-order valence-electron chi connectivity index (χ1n) is 11.7. The van der Waals surface area contributed by atoms with Crippen molar-refractivity contribution >= 4 is 17.3 Å². The minimum Gasteiger partial charge on any atom is -0.457 e. The number of carbonyl (C=O) groups excluding carboxylic acids is 1. The van der Waals surface area contributed by atoms with Crippen molar-refractivity contribution in [3.63, 3.8) is 0 Å². The molecule has 0 aliphatic carbocycles. The third-order valence-corrected chi connectivity index (χ3v) is 6.07. The molecule has 34 heavy (non-hydrogen) atoms. The minimum atomic E-state index is 0.116. The number of fused-ring (bicyclic) bond motifs is 1. The number of nitrogens with zero attached hydrogens (tertiary/aromatic N) is 2. The van der Waals surface area contributed by atoms with Crippen molar-refractivity contribution in [3.8, 4) is 22.8 Å². The van der Waals surface area contributed by atoms with Crippen LogP contribution in [0.1, 0.15) is 42.3 Å². The van der Waals surface area contributed by atoms with Gasteiger partial charge >= 0.3 is 0 Å². The van der Waals surface area contributed by atoms with Crippen molar-refractivity contribution in [3.05, 3.63) is 71.4 Å². The zero-order valence-corrected chi connectivity index (χ0v) is 20.1. The van der Waals surface area contributed by atoms with Crippen LogP contribution in [0.15, 0.2) is 54.7 Å². The molecule has 2 aliphatic heterocycles. The largest absolute Gasteiger partial charge is 0.457 e.